The minimum absolute atomic E-state index is 0.0935. The standard InChI is InChI=1S/C35H29NO7/c1-39-29-12-21(13-30(40-2)34(29)37)31-23-14-27-28(43-17-42-27)15-24(23)33(25-16-41-35(38)32(25)31)36-26-9-5-8-20-10-18-6-3-4-7-19(18)11-22(20)26/h3-15,25,31-33,36-37H,16-17H2,1-2H3/t25-,31+,32-,33+/m0/s1. The lowest BCUT2D eigenvalue weighted by Gasteiger charge is -2.40. The lowest BCUT2D eigenvalue weighted by Crippen LogP contribution is -2.37. The molecule has 8 heteroatoms. The molecule has 0 amide bonds. The van der Waals surface area contributed by atoms with Gasteiger partial charge in [-0.15, -0.1) is 0 Å². The molecule has 4 atom stereocenters. The molecule has 3 aliphatic rings. The van der Waals surface area contributed by atoms with Gasteiger partial charge in [0, 0.05) is 22.9 Å². The van der Waals surface area contributed by atoms with E-state index in [-0.39, 0.29) is 48.6 Å². The molecule has 1 fully saturated rings. The summed E-state index contributed by atoms with van der Waals surface area (Å²) < 4.78 is 28.4. The summed E-state index contributed by atoms with van der Waals surface area (Å²) in [7, 11) is 2.98. The van der Waals surface area contributed by atoms with Crippen LogP contribution in [0.1, 0.15) is 28.7 Å². The Labute approximate surface area is 247 Å². The van der Waals surface area contributed by atoms with Crippen LogP contribution < -0.4 is 24.3 Å². The normalized spacial score (nSPS) is 21.8. The van der Waals surface area contributed by atoms with Crippen LogP contribution in [0.15, 0.2) is 78.9 Å². The predicted molar refractivity (Wildman–Crippen MR) is 161 cm³/mol. The molecule has 5 aromatic rings. The number of rotatable bonds is 5. The summed E-state index contributed by atoms with van der Waals surface area (Å²) in [5, 5.41) is 19.0. The Morgan fingerprint density at radius 1 is 0.791 bits per heavy atom. The van der Waals surface area contributed by atoms with Gasteiger partial charge in [-0.2, -0.15) is 0 Å². The molecule has 43 heavy (non-hydrogen) atoms. The van der Waals surface area contributed by atoms with E-state index in [1.54, 1.807) is 12.1 Å². The summed E-state index contributed by atoms with van der Waals surface area (Å²) >= 11 is 0. The number of ether oxygens (including phenoxy) is 5. The predicted octanol–water partition coefficient (Wildman–Crippen LogP) is 6.53. The minimum atomic E-state index is -0.500. The third-order valence-electron chi connectivity index (χ3n) is 9.11. The van der Waals surface area contributed by atoms with Crippen LogP contribution in [0.5, 0.6) is 28.7 Å². The van der Waals surface area contributed by atoms with Gasteiger partial charge >= 0.3 is 5.97 Å². The number of cyclic esters (lactones) is 1. The van der Waals surface area contributed by atoms with E-state index in [4.69, 9.17) is 23.7 Å². The van der Waals surface area contributed by atoms with E-state index in [0.29, 0.717) is 11.5 Å². The molecule has 2 aliphatic heterocycles. The van der Waals surface area contributed by atoms with Gasteiger partial charge in [-0.25, -0.2) is 0 Å². The molecular formula is C35H29NO7. The van der Waals surface area contributed by atoms with Crippen molar-refractivity contribution in [3.63, 3.8) is 0 Å². The maximum Gasteiger partial charge on any atom is 0.310 e. The summed E-state index contributed by atoms with van der Waals surface area (Å²) in [6.45, 7) is 0.402. The fourth-order valence-electron chi connectivity index (χ4n) is 7.10. The Hall–Kier alpha value is -5.11. The fraction of sp³-hybridized carbons (Fsp3) is 0.229. The molecule has 0 saturated carbocycles. The number of hydrogen-bond donors (Lipinski definition) is 2. The molecule has 0 spiro atoms. The zero-order valence-electron chi connectivity index (χ0n) is 23.6. The lowest BCUT2D eigenvalue weighted by atomic mass is 9.65. The summed E-state index contributed by atoms with van der Waals surface area (Å²) in [4.78, 5) is 13.6. The van der Waals surface area contributed by atoms with E-state index < -0.39 is 11.8 Å². The van der Waals surface area contributed by atoms with E-state index in [1.807, 2.05) is 24.3 Å². The van der Waals surface area contributed by atoms with Crippen molar-refractivity contribution in [1.82, 2.24) is 0 Å². The largest absolute Gasteiger partial charge is 0.502 e. The lowest BCUT2D eigenvalue weighted by molar-refractivity contribution is -0.141. The number of methoxy groups -OCH3 is 2. The van der Waals surface area contributed by atoms with Gasteiger partial charge in [0.2, 0.25) is 12.5 Å². The number of fused-ring (bicyclic) bond motifs is 5. The number of phenols is 1. The topological polar surface area (TPSA) is 95.5 Å². The van der Waals surface area contributed by atoms with E-state index in [1.165, 1.54) is 19.6 Å². The van der Waals surface area contributed by atoms with Crippen molar-refractivity contribution in [2.75, 3.05) is 32.9 Å². The number of nitrogens with one attached hydrogen (secondary N) is 1. The molecule has 0 unspecified atom stereocenters. The van der Waals surface area contributed by atoms with Crippen LogP contribution in [-0.2, 0) is 9.53 Å². The van der Waals surface area contributed by atoms with Gasteiger partial charge in [-0.05, 0) is 75.3 Å². The first kappa shape index (κ1) is 25.6. The number of carbonyl (C=O) groups excluding carboxylic acids is 1. The van der Waals surface area contributed by atoms with Crippen LogP contribution in [0.2, 0.25) is 0 Å². The van der Waals surface area contributed by atoms with E-state index >= 15 is 0 Å². The highest BCUT2D eigenvalue weighted by Crippen LogP contribution is 2.56. The Morgan fingerprint density at radius 2 is 1.47 bits per heavy atom. The molecule has 5 aromatic carbocycles. The number of benzene rings is 5. The van der Waals surface area contributed by atoms with Crippen molar-refractivity contribution in [1.29, 1.82) is 0 Å². The second kappa shape index (κ2) is 9.73. The zero-order valence-corrected chi connectivity index (χ0v) is 23.6. The number of esters is 1. The van der Waals surface area contributed by atoms with Crippen LogP contribution in [0.3, 0.4) is 0 Å². The van der Waals surface area contributed by atoms with Crippen molar-refractivity contribution in [2.45, 2.75) is 12.0 Å². The highest BCUT2D eigenvalue weighted by atomic mass is 16.7. The molecule has 1 aliphatic carbocycles. The molecule has 216 valence electrons. The van der Waals surface area contributed by atoms with E-state index in [9.17, 15) is 9.90 Å². The SMILES string of the molecule is COc1cc([C@@H]2c3cc4c(cc3[C@@H](Nc3cccc5cc6ccccc6cc35)[C@H]3COC(=O)[C@H]23)OCO4)cc(OC)c1O. The maximum atomic E-state index is 13.6. The Balaban J connectivity index is 1.32. The Kier molecular flexibility index (Phi) is 5.79. The molecule has 8 nitrogen and oxygen atoms in total. The third-order valence-corrected chi connectivity index (χ3v) is 9.11. The summed E-state index contributed by atoms with van der Waals surface area (Å²) in [5.74, 6) is 0.378. The van der Waals surface area contributed by atoms with Crippen molar-refractivity contribution in [3.8, 4) is 28.7 Å². The molecule has 2 N–H and O–H groups in total. The Morgan fingerprint density at radius 3 is 2.19 bits per heavy atom. The monoisotopic (exact) mass is 575 g/mol. The molecule has 0 aromatic heterocycles. The van der Waals surface area contributed by atoms with E-state index in [2.05, 4.69) is 47.8 Å². The Bertz CT molecular complexity index is 1910. The highest BCUT2D eigenvalue weighted by Gasteiger charge is 2.52. The van der Waals surface area contributed by atoms with Gasteiger partial charge in [-0.3, -0.25) is 4.79 Å². The zero-order chi connectivity index (χ0) is 29.2. The molecule has 8 rings (SSSR count). The summed E-state index contributed by atoms with van der Waals surface area (Å²) in [6, 6.07) is 26.3. The fourth-order valence-corrected chi connectivity index (χ4v) is 7.10. The molecule has 0 radical (unpaired) electrons. The quantitative estimate of drug-likeness (QED) is 0.180. The third kappa shape index (κ3) is 3.93. The number of hydrogen-bond acceptors (Lipinski definition) is 8. The van der Waals surface area contributed by atoms with E-state index in [0.717, 1.165) is 38.5 Å². The minimum Gasteiger partial charge on any atom is -0.502 e. The van der Waals surface area contributed by atoms with Crippen molar-refractivity contribution < 1.29 is 33.6 Å². The first-order valence-electron chi connectivity index (χ1n) is 14.3. The van der Waals surface area contributed by atoms with Gasteiger partial charge in [0.15, 0.2) is 23.0 Å². The number of aromatic hydroxyl groups is 1. The van der Waals surface area contributed by atoms with Crippen LogP contribution in [0.4, 0.5) is 5.69 Å². The molecular weight excluding hydrogens is 546 g/mol. The van der Waals surface area contributed by atoms with Crippen LogP contribution in [0.25, 0.3) is 21.5 Å². The van der Waals surface area contributed by atoms with Crippen LogP contribution >= 0.6 is 0 Å². The van der Waals surface area contributed by atoms with Crippen molar-refractivity contribution >= 4 is 33.2 Å². The smallest absolute Gasteiger partial charge is 0.310 e. The van der Waals surface area contributed by atoms with Crippen LogP contribution in [-0.4, -0.2) is 38.7 Å². The number of carbonyl (C=O) groups is 1. The number of anilines is 1. The van der Waals surface area contributed by atoms with Gasteiger partial charge in [0.1, 0.15) is 0 Å². The van der Waals surface area contributed by atoms with Gasteiger partial charge in [0.25, 0.3) is 0 Å². The maximum absolute atomic E-state index is 13.6. The molecule has 0 bridgehead atoms. The average Bonchev–Trinajstić information content (AvgIpc) is 3.65. The van der Waals surface area contributed by atoms with Gasteiger partial charge in [-0.1, -0.05) is 36.4 Å². The second-order valence-electron chi connectivity index (χ2n) is 11.3. The summed E-state index contributed by atoms with van der Waals surface area (Å²) in [5.41, 5.74) is 3.66. The first-order chi connectivity index (χ1) is 21.0. The first-order valence-corrected chi connectivity index (χ1v) is 14.3. The van der Waals surface area contributed by atoms with Crippen LogP contribution in [0, 0.1) is 11.8 Å². The molecule has 2 heterocycles. The molecule has 1 saturated heterocycles. The van der Waals surface area contributed by atoms with Gasteiger partial charge < -0.3 is 34.1 Å². The summed E-state index contributed by atoms with van der Waals surface area (Å²) in [6.07, 6.45) is 0. The van der Waals surface area contributed by atoms with Gasteiger partial charge in [0.05, 0.1) is 32.8 Å². The van der Waals surface area contributed by atoms with Crippen molar-refractivity contribution in [3.05, 3.63) is 95.6 Å². The average molecular weight is 576 g/mol. The second-order valence-corrected chi connectivity index (χ2v) is 11.3. The highest BCUT2D eigenvalue weighted by molar-refractivity contribution is 6.03. The number of phenolic OH excluding ortho intramolecular Hbond substituents is 1. The van der Waals surface area contributed by atoms with Crippen molar-refractivity contribution in [2.24, 2.45) is 11.8 Å².